The molecule has 0 N–H and O–H groups in total. The second-order valence-electron chi connectivity index (χ2n) is 6.69. The summed E-state index contributed by atoms with van der Waals surface area (Å²) in [6.07, 6.45) is 0.451. The average Bonchev–Trinajstić information content (AvgIpc) is 2.98. The fraction of sp³-hybridized carbons (Fsp3) is 0.286. The highest BCUT2D eigenvalue weighted by Gasteiger charge is 2.31. The molecule has 5 nitrogen and oxygen atoms in total. The van der Waals surface area contributed by atoms with E-state index in [0.29, 0.717) is 17.8 Å². The number of imide groups is 1. The summed E-state index contributed by atoms with van der Waals surface area (Å²) in [7, 11) is 0. The Morgan fingerprint density at radius 1 is 1.00 bits per heavy atom. The largest absolute Gasteiger partial charge is 0.332 e. The number of amides is 3. The lowest BCUT2D eigenvalue weighted by Crippen LogP contribution is -2.36. The van der Waals surface area contributed by atoms with Gasteiger partial charge in [-0.2, -0.15) is 0 Å². The number of hydrogen-bond donors (Lipinski definition) is 0. The molecule has 0 aromatic heterocycles. The Morgan fingerprint density at radius 3 is 2.27 bits per heavy atom. The molecule has 3 amide bonds. The molecule has 0 saturated carbocycles. The summed E-state index contributed by atoms with van der Waals surface area (Å²) in [5.74, 6) is -0.556. The quantitative estimate of drug-likeness (QED) is 0.777. The van der Waals surface area contributed by atoms with Crippen LogP contribution < -0.4 is 4.90 Å². The average molecular weight is 350 g/mol. The molecule has 1 aliphatic rings. The predicted molar refractivity (Wildman–Crippen MR) is 99.6 cm³/mol. The molecule has 0 radical (unpaired) electrons. The van der Waals surface area contributed by atoms with Crippen LogP contribution in [-0.2, 0) is 16.1 Å². The molecular weight excluding hydrogens is 328 g/mol. The van der Waals surface area contributed by atoms with Crippen LogP contribution in [-0.4, -0.2) is 28.7 Å². The summed E-state index contributed by atoms with van der Waals surface area (Å²) in [6.45, 7) is 4.44. The number of hydrogen-bond acceptors (Lipinski definition) is 3. The molecule has 2 aromatic carbocycles. The van der Waals surface area contributed by atoms with Gasteiger partial charge < -0.3 is 4.90 Å². The minimum absolute atomic E-state index is 0.0152. The maximum Gasteiger partial charge on any atom is 0.254 e. The maximum absolute atomic E-state index is 13.1. The summed E-state index contributed by atoms with van der Waals surface area (Å²) >= 11 is 0. The number of benzene rings is 2. The summed E-state index contributed by atoms with van der Waals surface area (Å²) in [6, 6.07) is 16.6. The minimum Gasteiger partial charge on any atom is -0.332 e. The van der Waals surface area contributed by atoms with E-state index in [1.165, 1.54) is 4.90 Å². The fourth-order valence-corrected chi connectivity index (χ4v) is 3.08. The van der Waals surface area contributed by atoms with E-state index >= 15 is 0 Å². The van der Waals surface area contributed by atoms with E-state index in [1.807, 2.05) is 44.2 Å². The smallest absolute Gasteiger partial charge is 0.254 e. The van der Waals surface area contributed by atoms with Gasteiger partial charge in [-0.15, -0.1) is 0 Å². The lowest BCUT2D eigenvalue weighted by molar-refractivity contribution is -0.121. The van der Waals surface area contributed by atoms with Gasteiger partial charge in [-0.05, 0) is 37.6 Å². The van der Waals surface area contributed by atoms with Crippen LogP contribution in [0.15, 0.2) is 54.6 Å². The number of carbonyl (C=O) groups excluding carboxylic acids is 3. The molecule has 0 bridgehead atoms. The van der Waals surface area contributed by atoms with Gasteiger partial charge in [0.05, 0.1) is 5.69 Å². The molecule has 26 heavy (non-hydrogen) atoms. The first-order valence-corrected chi connectivity index (χ1v) is 8.78. The Morgan fingerprint density at radius 2 is 1.65 bits per heavy atom. The van der Waals surface area contributed by atoms with E-state index in [-0.39, 0.29) is 36.6 Å². The molecule has 1 aliphatic heterocycles. The SMILES string of the molecule is CC(C)N(Cc1ccccc1)C(=O)c1cccc(N2C(=O)CCC2=O)c1. The van der Waals surface area contributed by atoms with E-state index in [4.69, 9.17) is 0 Å². The van der Waals surface area contributed by atoms with Crippen molar-refractivity contribution in [1.82, 2.24) is 4.90 Å². The van der Waals surface area contributed by atoms with E-state index < -0.39 is 0 Å². The van der Waals surface area contributed by atoms with Crippen molar-refractivity contribution in [3.05, 3.63) is 65.7 Å². The molecule has 1 heterocycles. The van der Waals surface area contributed by atoms with Crippen LogP contribution in [0.25, 0.3) is 0 Å². The third-order valence-corrected chi connectivity index (χ3v) is 4.48. The molecule has 134 valence electrons. The Balaban J connectivity index is 1.87. The van der Waals surface area contributed by atoms with Gasteiger partial charge in [-0.1, -0.05) is 36.4 Å². The molecule has 2 aromatic rings. The highest BCUT2D eigenvalue weighted by atomic mass is 16.2. The molecule has 3 rings (SSSR count). The van der Waals surface area contributed by atoms with Crippen LogP contribution in [0, 0.1) is 0 Å². The van der Waals surface area contributed by atoms with Gasteiger partial charge in [0.2, 0.25) is 11.8 Å². The van der Waals surface area contributed by atoms with E-state index in [9.17, 15) is 14.4 Å². The first-order valence-electron chi connectivity index (χ1n) is 8.78. The molecule has 0 aliphatic carbocycles. The van der Waals surface area contributed by atoms with Gasteiger partial charge in [0.15, 0.2) is 0 Å². The zero-order valence-electron chi connectivity index (χ0n) is 15.0. The van der Waals surface area contributed by atoms with Crippen molar-refractivity contribution in [3.8, 4) is 0 Å². The molecular formula is C21H22N2O3. The van der Waals surface area contributed by atoms with Gasteiger partial charge >= 0.3 is 0 Å². The zero-order valence-corrected chi connectivity index (χ0v) is 15.0. The molecule has 1 saturated heterocycles. The van der Waals surface area contributed by atoms with Gasteiger partial charge in [0.1, 0.15) is 0 Å². The van der Waals surface area contributed by atoms with Crippen molar-refractivity contribution < 1.29 is 14.4 Å². The van der Waals surface area contributed by atoms with E-state index in [2.05, 4.69) is 0 Å². The molecule has 0 atom stereocenters. The lowest BCUT2D eigenvalue weighted by atomic mass is 10.1. The Kier molecular flexibility index (Phi) is 5.16. The van der Waals surface area contributed by atoms with Crippen LogP contribution >= 0.6 is 0 Å². The zero-order chi connectivity index (χ0) is 18.7. The van der Waals surface area contributed by atoms with Gasteiger partial charge in [0, 0.05) is 31.0 Å². The van der Waals surface area contributed by atoms with Gasteiger partial charge in [0.25, 0.3) is 5.91 Å². The standard InChI is InChI=1S/C21H22N2O3/c1-15(2)22(14-16-7-4-3-5-8-16)21(26)17-9-6-10-18(13-17)23-19(24)11-12-20(23)25/h3-10,13,15H,11-12,14H2,1-2H3. The van der Waals surface area contributed by atoms with Crippen molar-refractivity contribution in [2.45, 2.75) is 39.3 Å². The summed E-state index contributed by atoms with van der Waals surface area (Å²) in [5.41, 5.74) is 1.99. The Hall–Kier alpha value is -2.95. The summed E-state index contributed by atoms with van der Waals surface area (Å²) in [4.78, 5) is 39.9. The second kappa shape index (κ2) is 7.52. The summed E-state index contributed by atoms with van der Waals surface area (Å²) in [5, 5.41) is 0. The number of rotatable bonds is 5. The second-order valence-corrected chi connectivity index (χ2v) is 6.69. The van der Waals surface area contributed by atoms with Crippen LogP contribution in [0.2, 0.25) is 0 Å². The van der Waals surface area contributed by atoms with Crippen molar-refractivity contribution >= 4 is 23.4 Å². The highest BCUT2D eigenvalue weighted by Crippen LogP contribution is 2.24. The number of nitrogens with zero attached hydrogens (tertiary/aromatic N) is 2. The van der Waals surface area contributed by atoms with Crippen LogP contribution in [0.3, 0.4) is 0 Å². The monoisotopic (exact) mass is 350 g/mol. The maximum atomic E-state index is 13.1. The molecule has 5 heteroatoms. The van der Waals surface area contributed by atoms with Gasteiger partial charge in [-0.25, -0.2) is 0 Å². The number of carbonyl (C=O) groups is 3. The van der Waals surface area contributed by atoms with Crippen molar-refractivity contribution in [2.24, 2.45) is 0 Å². The number of anilines is 1. The van der Waals surface area contributed by atoms with Gasteiger partial charge in [-0.3, -0.25) is 19.3 Å². The highest BCUT2D eigenvalue weighted by molar-refractivity contribution is 6.20. The van der Waals surface area contributed by atoms with Crippen LogP contribution in [0.1, 0.15) is 42.6 Å². The summed E-state index contributed by atoms with van der Waals surface area (Å²) < 4.78 is 0. The topological polar surface area (TPSA) is 57.7 Å². The van der Waals surface area contributed by atoms with Crippen LogP contribution in [0.5, 0.6) is 0 Å². The lowest BCUT2D eigenvalue weighted by Gasteiger charge is -2.27. The molecule has 0 unspecified atom stereocenters. The third kappa shape index (κ3) is 3.67. The van der Waals surface area contributed by atoms with E-state index in [0.717, 1.165) is 5.56 Å². The van der Waals surface area contributed by atoms with Crippen molar-refractivity contribution in [1.29, 1.82) is 0 Å². The van der Waals surface area contributed by atoms with Crippen molar-refractivity contribution in [3.63, 3.8) is 0 Å². The normalized spacial score (nSPS) is 14.2. The Bertz CT molecular complexity index is 814. The first kappa shape index (κ1) is 17.9. The van der Waals surface area contributed by atoms with Crippen molar-refractivity contribution in [2.75, 3.05) is 4.90 Å². The third-order valence-electron chi connectivity index (χ3n) is 4.48. The Labute approximate surface area is 153 Å². The molecule has 0 spiro atoms. The first-order chi connectivity index (χ1) is 12.5. The van der Waals surface area contributed by atoms with E-state index in [1.54, 1.807) is 29.2 Å². The molecule has 1 fully saturated rings. The predicted octanol–water partition coefficient (Wildman–Crippen LogP) is 3.39. The van der Waals surface area contributed by atoms with Crippen LogP contribution in [0.4, 0.5) is 5.69 Å². The fourth-order valence-electron chi connectivity index (χ4n) is 3.08. The minimum atomic E-state index is -0.218.